The molecule has 4 nitrogen and oxygen atoms in total. The van der Waals surface area contributed by atoms with Crippen molar-refractivity contribution in [3.63, 3.8) is 0 Å². The molecular formula is C18H22F3NO3. The van der Waals surface area contributed by atoms with E-state index in [4.69, 9.17) is 0 Å². The number of alkyl halides is 3. The van der Waals surface area contributed by atoms with Gasteiger partial charge in [0, 0.05) is 12.5 Å². The number of aliphatic hydroxyl groups excluding tert-OH is 2. The van der Waals surface area contributed by atoms with Crippen molar-refractivity contribution < 1.29 is 28.2 Å². The van der Waals surface area contributed by atoms with E-state index in [-0.39, 0.29) is 30.9 Å². The van der Waals surface area contributed by atoms with E-state index in [1.54, 1.807) is 6.07 Å². The van der Waals surface area contributed by atoms with Crippen molar-refractivity contribution in [2.45, 2.75) is 56.5 Å². The molecule has 1 saturated carbocycles. The van der Waals surface area contributed by atoms with Crippen LogP contribution in [-0.4, -0.2) is 39.8 Å². The van der Waals surface area contributed by atoms with Crippen molar-refractivity contribution >= 4 is 5.91 Å². The summed E-state index contributed by atoms with van der Waals surface area (Å²) in [5.41, 5.74) is -0.352. The largest absolute Gasteiger partial charge is 0.416 e. The van der Waals surface area contributed by atoms with Gasteiger partial charge in [-0.15, -0.1) is 0 Å². The van der Waals surface area contributed by atoms with Crippen molar-refractivity contribution in [3.05, 3.63) is 35.4 Å². The van der Waals surface area contributed by atoms with E-state index >= 15 is 0 Å². The lowest BCUT2D eigenvalue weighted by molar-refractivity contribution is -0.138. The second-order valence-corrected chi connectivity index (χ2v) is 7.02. The molecule has 1 aromatic rings. The number of benzene rings is 1. The van der Waals surface area contributed by atoms with Crippen LogP contribution in [0.1, 0.15) is 49.3 Å². The van der Waals surface area contributed by atoms with Crippen LogP contribution in [-0.2, 0) is 11.0 Å². The Morgan fingerprint density at radius 1 is 1.08 bits per heavy atom. The Kier molecular flexibility index (Phi) is 5.06. The van der Waals surface area contributed by atoms with Gasteiger partial charge in [0.1, 0.15) is 0 Å². The lowest BCUT2D eigenvalue weighted by atomic mass is 9.86. The number of aliphatic hydroxyl groups is 2. The fraction of sp³-hybridized carbons (Fsp3) is 0.611. The fourth-order valence-corrected chi connectivity index (χ4v) is 3.85. The summed E-state index contributed by atoms with van der Waals surface area (Å²) < 4.78 is 38.9. The second kappa shape index (κ2) is 6.96. The molecule has 3 rings (SSSR count). The van der Waals surface area contributed by atoms with E-state index in [1.807, 2.05) is 0 Å². The third-order valence-electron chi connectivity index (χ3n) is 5.21. The van der Waals surface area contributed by atoms with E-state index in [9.17, 15) is 28.2 Å². The quantitative estimate of drug-likeness (QED) is 0.856. The summed E-state index contributed by atoms with van der Waals surface area (Å²) in [4.78, 5) is 14.3. The maximum atomic E-state index is 13.0. The third kappa shape index (κ3) is 3.98. The van der Waals surface area contributed by atoms with Crippen LogP contribution >= 0.6 is 0 Å². The highest BCUT2D eigenvalue weighted by atomic mass is 19.4. The molecule has 0 aromatic heterocycles. The Morgan fingerprint density at radius 3 is 2.40 bits per heavy atom. The van der Waals surface area contributed by atoms with Crippen molar-refractivity contribution in [1.82, 2.24) is 4.90 Å². The lowest BCUT2D eigenvalue weighted by Gasteiger charge is -2.32. The minimum absolute atomic E-state index is 0.133. The number of β-amino-alcohol motifs (C(OH)–C–C–N with tert-alkyl or cyclic N) is 1. The van der Waals surface area contributed by atoms with E-state index in [0.717, 1.165) is 12.1 Å². The molecular weight excluding hydrogens is 335 g/mol. The lowest BCUT2D eigenvalue weighted by Crippen LogP contribution is -2.38. The van der Waals surface area contributed by atoms with Crippen LogP contribution in [0.5, 0.6) is 0 Å². The smallest absolute Gasteiger partial charge is 0.393 e. The van der Waals surface area contributed by atoms with Crippen LogP contribution in [0.25, 0.3) is 0 Å². The maximum Gasteiger partial charge on any atom is 0.416 e. The van der Waals surface area contributed by atoms with E-state index in [0.29, 0.717) is 31.2 Å². The predicted octanol–water partition coefficient (Wildman–Crippen LogP) is 2.89. The number of carbonyl (C=O) groups excluding carboxylic acids is 1. The van der Waals surface area contributed by atoms with Gasteiger partial charge >= 0.3 is 6.18 Å². The number of amides is 1. The topological polar surface area (TPSA) is 60.8 Å². The van der Waals surface area contributed by atoms with Crippen molar-refractivity contribution in [3.8, 4) is 0 Å². The summed E-state index contributed by atoms with van der Waals surface area (Å²) in [6.45, 7) is 0.138. The van der Waals surface area contributed by atoms with Crippen LogP contribution in [0, 0.1) is 5.92 Å². The SMILES string of the molecule is O=C(C1CCC(O)CC1)N1CC(O)CC1c1cccc(C(F)(F)F)c1. The molecule has 0 spiro atoms. The molecule has 0 bridgehead atoms. The first-order valence-corrected chi connectivity index (χ1v) is 8.59. The summed E-state index contributed by atoms with van der Waals surface area (Å²) in [5, 5.41) is 19.6. The number of carbonyl (C=O) groups is 1. The van der Waals surface area contributed by atoms with Crippen LogP contribution in [0.4, 0.5) is 13.2 Å². The first-order chi connectivity index (χ1) is 11.8. The number of nitrogens with zero attached hydrogens (tertiary/aromatic N) is 1. The van der Waals surface area contributed by atoms with E-state index in [1.165, 1.54) is 11.0 Å². The maximum absolute atomic E-state index is 13.0. The minimum atomic E-state index is -4.44. The first-order valence-electron chi connectivity index (χ1n) is 8.59. The van der Waals surface area contributed by atoms with Gasteiger partial charge in [-0.05, 0) is 49.8 Å². The van der Waals surface area contributed by atoms with Gasteiger partial charge in [-0.1, -0.05) is 12.1 Å². The van der Waals surface area contributed by atoms with Crippen LogP contribution in [0.3, 0.4) is 0 Å². The monoisotopic (exact) mass is 357 g/mol. The molecule has 1 heterocycles. The average Bonchev–Trinajstić information content (AvgIpc) is 2.96. The minimum Gasteiger partial charge on any atom is -0.393 e. The van der Waals surface area contributed by atoms with Crippen molar-refractivity contribution in [1.29, 1.82) is 0 Å². The van der Waals surface area contributed by atoms with E-state index in [2.05, 4.69) is 0 Å². The number of rotatable bonds is 2. The summed E-state index contributed by atoms with van der Waals surface area (Å²) in [5.74, 6) is -0.368. The Morgan fingerprint density at radius 2 is 1.76 bits per heavy atom. The molecule has 0 radical (unpaired) electrons. The normalized spacial score (nSPS) is 30.5. The molecule has 2 aliphatic rings. The highest BCUT2D eigenvalue weighted by Crippen LogP contribution is 2.38. The van der Waals surface area contributed by atoms with Gasteiger partial charge in [-0.2, -0.15) is 13.2 Å². The summed E-state index contributed by atoms with van der Waals surface area (Å²) in [7, 11) is 0. The molecule has 2 atom stereocenters. The number of halogens is 3. The van der Waals surface area contributed by atoms with Gasteiger partial charge in [0.2, 0.25) is 5.91 Å². The zero-order chi connectivity index (χ0) is 18.2. The molecule has 1 saturated heterocycles. The molecule has 1 aromatic carbocycles. The molecule has 1 amide bonds. The van der Waals surface area contributed by atoms with Gasteiger partial charge in [0.05, 0.1) is 23.8 Å². The zero-order valence-corrected chi connectivity index (χ0v) is 13.7. The predicted molar refractivity (Wildman–Crippen MR) is 84.5 cm³/mol. The van der Waals surface area contributed by atoms with Gasteiger partial charge in [0.25, 0.3) is 0 Å². The molecule has 25 heavy (non-hydrogen) atoms. The zero-order valence-electron chi connectivity index (χ0n) is 13.7. The standard InChI is InChI=1S/C18H22F3NO3/c19-18(20,21)13-3-1-2-12(8-13)16-9-15(24)10-22(16)17(25)11-4-6-14(23)7-5-11/h1-3,8,11,14-16,23-24H,4-7,9-10H2. The van der Waals surface area contributed by atoms with Crippen LogP contribution in [0.2, 0.25) is 0 Å². The van der Waals surface area contributed by atoms with E-state index < -0.39 is 23.9 Å². The molecule has 138 valence electrons. The summed E-state index contributed by atoms with van der Waals surface area (Å²) >= 11 is 0. The fourth-order valence-electron chi connectivity index (χ4n) is 3.85. The summed E-state index contributed by atoms with van der Waals surface area (Å²) in [6, 6.07) is 4.43. The molecule has 7 heteroatoms. The van der Waals surface area contributed by atoms with Crippen LogP contribution < -0.4 is 0 Å². The second-order valence-electron chi connectivity index (χ2n) is 7.02. The Bertz CT molecular complexity index is 626. The van der Waals surface area contributed by atoms with Gasteiger partial charge in [-0.3, -0.25) is 4.79 Å². The highest BCUT2D eigenvalue weighted by molar-refractivity contribution is 5.80. The molecule has 1 aliphatic heterocycles. The molecule has 2 unspecified atom stereocenters. The summed E-state index contributed by atoms with van der Waals surface area (Å²) in [6.07, 6.45) is -3.07. The van der Waals surface area contributed by atoms with Gasteiger partial charge in [0.15, 0.2) is 0 Å². The van der Waals surface area contributed by atoms with Gasteiger partial charge in [-0.25, -0.2) is 0 Å². The van der Waals surface area contributed by atoms with Gasteiger partial charge < -0.3 is 15.1 Å². The average molecular weight is 357 g/mol. The Labute approximate surface area is 144 Å². The highest BCUT2D eigenvalue weighted by Gasteiger charge is 2.40. The van der Waals surface area contributed by atoms with Crippen molar-refractivity contribution in [2.24, 2.45) is 5.92 Å². The Balaban J connectivity index is 1.81. The Hall–Kier alpha value is -1.60. The number of hydrogen-bond acceptors (Lipinski definition) is 3. The first kappa shape index (κ1) is 18.2. The molecule has 2 N–H and O–H groups in total. The van der Waals surface area contributed by atoms with Crippen molar-refractivity contribution in [2.75, 3.05) is 6.54 Å². The number of likely N-dealkylation sites (tertiary alicyclic amines) is 1. The molecule has 1 aliphatic carbocycles. The third-order valence-corrected chi connectivity index (χ3v) is 5.21. The van der Waals surface area contributed by atoms with Crippen LogP contribution in [0.15, 0.2) is 24.3 Å². The number of hydrogen-bond donors (Lipinski definition) is 2. The molecule has 2 fully saturated rings.